The summed E-state index contributed by atoms with van der Waals surface area (Å²) in [4.78, 5) is 7.03. The molecule has 4 rings (SSSR count). The lowest BCUT2D eigenvalue weighted by Gasteiger charge is -2.35. The van der Waals surface area contributed by atoms with E-state index in [4.69, 9.17) is 4.52 Å². The zero-order valence-corrected chi connectivity index (χ0v) is 16.3. The van der Waals surface area contributed by atoms with Crippen LogP contribution in [0.2, 0.25) is 0 Å². The first-order chi connectivity index (χ1) is 13.2. The van der Waals surface area contributed by atoms with E-state index in [9.17, 15) is 0 Å². The largest absolute Gasteiger partial charge is 0.359 e. The summed E-state index contributed by atoms with van der Waals surface area (Å²) >= 11 is 0. The molecule has 0 amide bonds. The van der Waals surface area contributed by atoms with Crippen LogP contribution < -0.4 is 0 Å². The Morgan fingerprint density at radius 1 is 1.19 bits per heavy atom. The summed E-state index contributed by atoms with van der Waals surface area (Å²) < 4.78 is 7.78. The number of benzene rings is 1. The van der Waals surface area contributed by atoms with Crippen LogP contribution >= 0.6 is 0 Å². The molecule has 0 bridgehead atoms. The number of likely N-dealkylation sites (tertiary alicyclic amines) is 1. The van der Waals surface area contributed by atoms with Crippen molar-refractivity contribution in [3.05, 3.63) is 59.9 Å². The van der Waals surface area contributed by atoms with E-state index in [1.165, 1.54) is 30.7 Å². The fourth-order valence-corrected chi connectivity index (χ4v) is 3.98. The number of piperidine rings is 1. The van der Waals surface area contributed by atoms with Crippen LogP contribution in [0.1, 0.15) is 42.8 Å². The molecule has 0 N–H and O–H groups in total. The minimum atomic E-state index is 0.586. The van der Waals surface area contributed by atoms with Gasteiger partial charge in [-0.15, -0.1) is 0 Å². The second-order valence-corrected chi connectivity index (χ2v) is 7.66. The van der Waals surface area contributed by atoms with Crippen molar-refractivity contribution >= 4 is 0 Å². The van der Waals surface area contributed by atoms with Crippen LogP contribution in [0.3, 0.4) is 0 Å². The molecular formula is C22H28N4O. The summed E-state index contributed by atoms with van der Waals surface area (Å²) in [6.45, 7) is 4.06. The van der Waals surface area contributed by atoms with Crippen molar-refractivity contribution in [2.75, 3.05) is 6.54 Å². The lowest BCUT2D eigenvalue weighted by Crippen LogP contribution is -2.39. The molecule has 142 valence electrons. The van der Waals surface area contributed by atoms with Crippen LogP contribution in [0.5, 0.6) is 0 Å². The topological polar surface area (TPSA) is 47.1 Å². The van der Waals surface area contributed by atoms with Crippen LogP contribution in [-0.4, -0.2) is 32.2 Å². The summed E-state index contributed by atoms with van der Waals surface area (Å²) in [5.74, 6) is 2.12. The third-order valence-electron chi connectivity index (χ3n) is 5.64. The molecule has 3 aromatic rings. The Labute approximate surface area is 161 Å². The molecule has 1 aliphatic rings. The van der Waals surface area contributed by atoms with E-state index in [0.29, 0.717) is 6.04 Å². The molecule has 5 nitrogen and oxygen atoms in total. The minimum absolute atomic E-state index is 0.586. The minimum Gasteiger partial charge on any atom is -0.359 e. The van der Waals surface area contributed by atoms with E-state index in [-0.39, 0.29) is 0 Å². The summed E-state index contributed by atoms with van der Waals surface area (Å²) in [6, 6.07) is 11.1. The number of imidazole rings is 1. The highest BCUT2D eigenvalue weighted by Crippen LogP contribution is 2.25. The molecule has 1 aliphatic heterocycles. The Bertz CT molecular complexity index is 865. The monoisotopic (exact) mass is 364 g/mol. The first-order valence-corrected chi connectivity index (χ1v) is 9.92. The van der Waals surface area contributed by atoms with Crippen LogP contribution in [-0.2, 0) is 20.0 Å². The van der Waals surface area contributed by atoms with E-state index in [1.54, 1.807) is 0 Å². The maximum atomic E-state index is 5.66. The van der Waals surface area contributed by atoms with Gasteiger partial charge in [0.2, 0.25) is 0 Å². The molecule has 0 unspecified atom stereocenters. The molecule has 5 heteroatoms. The van der Waals surface area contributed by atoms with Gasteiger partial charge in [0.1, 0.15) is 11.5 Å². The van der Waals surface area contributed by atoms with Gasteiger partial charge in [-0.3, -0.25) is 4.90 Å². The van der Waals surface area contributed by atoms with Gasteiger partial charge in [0.15, 0.2) is 5.76 Å². The first-order valence-electron chi connectivity index (χ1n) is 9.92. The lowest BCUT2D eigenvalue weighted by atomic mass is 9.97. The number of aromatic nitrogens is 3. The Hall–Kier alpha value is -2.40. The van der Waals surface area contributed by atoms with Crippen molar-refractivity contribution in [1.29, 1.82) is 0 Å². The molecule has 1 saturated heterocycles. The quantitative estimate of drug-likeness (QED) is 0.651. The van der Waals surface area contributed by atoms with E-state index in [2.05, 4.69) is 63.9 Å². The van der Waals surface area contributed by atoms with E-state index in [0.717, 1.165) is 42.9 Å². The molecule has 2 aromatic heterocycles. The van der Waals surface area contributed by atoms with Crippen LogP contribution in [0.15, 0.2) is 47.2 Å². The zero-order chi connectivity index (χ0) is 18.6. The molecular weight excluding hydrogens is 336 g/mol. The molecule has 1 atom stereocenters. The molecule has 0 radical (unpaired) electrons. The smallest absolute Gasteiger partial charge is 0.151 e. The third kappa shape index (κ3) is 4.30. The highest BCUT2D eigenvalue weighted by Gasteiger charge is 2.24. The van der Waals surface area contributed by atoms with Crippen molar-refractivity contribution in [2.24, 2.45) is 7.05 Å². The predicted octanol–water partition coefficient (Wildman–Crippen LogP) is 4.37. The van der Waals surface area contributed by atoms with Gasteiger partial charge in [-0.25, -0.2) is 4.98 Å². The number of hydrogen-bond donors (Lipinski definition) is 0. The van der Waals surface area contributed by atoms with Crippen molar-refractivity contribution < 1.29 is 4.52 Å². The molecule has 3 heterocycles. The van der Waals surface area contributed by atoms with Gasteiger partial charge in [0, 0.05) is 43.5 Å². The Morgan fingerprint density at radius 2 is 2.04 bits per heavy atom. The van der Waals surface area contributed by atoms with Gasteiger partial charge >= 0.3 is 0 Å². The summed E-state index contributed by atoms with van der Waals surface area (Å²) in [7, 11) is 2.07. The molecule has 1 aromatic carbocycles. The Morgan fingerprint density at radius 3 is 2.81 bits per heavy atom. The third-order valence-corrected chi connectivity index (χ3v) is 5.64. The number of rotatable bonds is 6. The predicted molar refractivity (Wildman–Crippen MR) is 106 cm³/mol. The summed E-state index contributed by atoms with van der Waals surface area (Å²) in [5, 5.41) is 4.29. The molecule has 0 aliphatic carbocycles. The first kappa shape index (κ1) is 18.0. The fraction of sp³-hybridized carbons (Fsp3) is 0.455. The van der Waals surface area contributed by atoms with E-state index in [1.807, 2.05) is 12.4 Å². The van der Waals surface area contributed by atoms with Crippen molar-refractivity contribution in [1.82, 2.24) is 19.6 Å². The normalized spacial score (nSPS) is 18.1. The van der Waals surface area contributed by atoms with E-state index >= 15 is 0 Å². The number of aryl methyl sites for hydroxylation is 3. The van der Waals surface area contributed by atoms with Gasteiger partial charge in [0.25, 0.3) is 0 Å². The van der Waals surface area contributed by atoms with Crippen LogP contribution in [0, 0.1) is 6.92 Å². The van der Waals surface area contributed by atoms with Gasteiger partial charge < -0.3 is 9.09 Å². The molecule has 1 fully saturated rings. The number of hydrogen-bond acceptors (Lipinski definition) is 4. The SMILES string of the molecule is Cc1ccc(-c2cc(CN3CCCC[C@@H]3CCc3nccn3C)on2)cc1. The van der Waals surface area contributed by atoms with Crippen LogP contribution in [0.25, 0.3) is 11.3 Å². The van der Waals surface area contributed by atoms with Gasteiger partial charge in [-0.05, 0) is 32.7 Å². The maximum Gasteiger partial charge on any atom is 0.151 e. The van der Waals surface area contributed by atoms with Crippen molar-refractivity contribution in [3.63, 3.8) is 0 Å². The van der Waals surface area contributed by atoms with Crippen molar-refractivity contribution in [3.8, 4) is 11.3 Å². The van der Waals surface area contributed by atoms with Crippen molar-refractivity contribution in [2.45, 2.75) is 51.6 Å². The molecule has 0 spiro atoms. The van der Waals surface area contributed by atoms with Gasteiger partial charge in [-0.2, -0.15) is 0 Å². The van der Waals surface area contributed by atoms with Gasteiger partial charge in [0.05, 0.1) is 6.54 Å². The highest BCUT2D eigenvalue weighted by atomic mass is 16.5. The average molecular weight is 364 g/mol. The summed E-state index contributed by atoms with van der Waals surface area (Å²) in [5.41, 5.74) is 3.29. The second kappa shape index (κ2) is 8.09. The Balaban J connectivity index is 1.41. The van der Waals surface area contributed by atoms with E-state index < -0.39 is 0 Å². The molecule has 27 heavy (non-hydrogen) atoms. The number of nitrogens with zero attached hydrogens (tertiary/aromatic N) is 4. The average Bonchev–Trinajstić information content (AvgIpc) is 3.31. The fourth-order valence-electron chi connectivity index (χ4n) is 3.98. The zero-order valence-electron chi connectivity index (χ0n) is 16.3. The standard InChI is InChI=1S/C22H28N4O/c1-17-6-8-18(9-7-17)21-15-20(27-24-21)16-26-13-4-3-5-19(26)10-11-22-23-12-14-25(22)2/h6-9,12,14-15,19H,3-5,10-11,13,16H2,1-2H3/t19-/m1/s1. The Kier molecular flexibility index (Phi) is 5.39. The maximum absolute atomic E-state index is 5.66. The lowest BCUT2D eigenvalue weighted by molar-refractivity contribution is 0.119. The second-order valence-electron chi connectivity index (χ2n) is 7.66. The summed E-state index contributed by atoms with van der Waals surface area (Å²) in [6.07, 6.45) is 9.90. The molecule has 0 saturated carbocycles. The van der Waals surface area contributed by atoms with Crippen LogP contribution in [0.4, 0.5) is 0 Å². The van der Waals surface area contributed by atoms with Gasteiger partial charge in [-0.1, -0.05) is 41.4 Å². The highest BCUT2D eigenvalue weighted by molar-refractivity contribution is 5.59.